The summed E-state index contributed by atoms with van der Waals surface area (Å²) in [5.74, 6) is -0.362. The molecular weight excluding hydrogens is 286 g/mol. The van der Waals surface area contributed by atoms with Gasteiger partial charge in [0.1, 0.15) is 11.5 Å². The minimum Gasteiger partial charge on any atom is -0.384 e. The fraction of sp³-hybridized carbons (Fsp3) is 0.350. The smallest absolute Gasteiger partial charge is 0.174 e. The standard InChI is InChI=1S/C20H23NO2/c1-2-21-14-13-20(23,17-11-7-4-8-12-17)18(15-21)19(22)16-9-5-3-6-10-16/h3-12,18,23H,2,13-15H2,1H3/p+1/t18-,20+/m0/s1. The van der Waals surface area contributed by atoms with Crippen molar-refractivity contribution in [3.05, 3.63) is 71.8 Å². The van der Waals surface area contributed by atoms with Gasteiger partial charge in [0.05, 0.1) is 19.6 Å². The van der Waals surface area contributed by atoms with Gasteiger partial charge in [0.2, 0.25) is 0 Å². The van der Waals surface area contributed by atoms with Crippen LogP contribution in [0.1, 0.15) is 29.3 Å². The number of carbonyl (C=O) groups is 1. The number of aliphatic hydroxyl groups is 1. The van der Waals surface area contributed by atoms with Crippen LogP contribution in [0.2, 0.25) is 0 Å². The molecule has 1 saturated heterocycles. The van der Waals surface area contributed by atoms with Crippen molar-refractivity contribution in [2.75, 3.05) is 19.6 Å². The van der Waals surface area contributed by atoms with Gasteiger partial charge in [-0.15, -0.1) is 0 Å². The zero-order valence-electron chi connectivity index (χ0n) is 13.5. The summed E-state index contributed by atoms with van der Waals surface area (Å²) < 4.78 is 0. The molecule has 0 spiro atoms. The number of piperidine rings is 1. The second kappa shape index (κ2) is 6.65. The predicted octanol–water partition coefficient (Wildman–Crippen LogP) is 1.68. The molecule has 2 aromatic carbocycles. The fourth-order valence-corrected chi connectivity index (χ4v) is 3.61. The molecule has 1 aliphatic heterocycles. The Morgan fingerprint density at radius 2 is 1.74 bits per heavy atom. The van der Waals surface area contributed by atoms with Crippen molar-refractivity contribution in [1.82, 2.24) is 0 Å². The number of benzene rings is 2. The number of hydrogen-bond donors (Lipinski definition) is 2. The summed E-state index contributed by atoms with van der Waals surface area (Å²) in [4.78, 5) is 14.5. The van der Waals surface area contributed by atoms with Crippen LogP contribution >= 0.6 is 0 Å². The molecule has 120 valence electrons. The van der Waals surface area contributed by atoms with Crippen LogP contribution < -0.4 is 4.90 Å². The van der Waals surface area contributed by atoms with E-state index in [1.165, 1.54) is 4.90 Å². The molecule has 3 heteroatoms. The van der Waals surface area contributed by atoms with Gasteiger partial charge in [-0.25, -0.2) is 0 Å². The topological polar surface area (TPSA) is 41.7 Å². The zero-order valence-corrected chi connectivity index (χ0v) is 13.5. The van der Waals surface area contributed by atoms with Crippen molar-refractivity contribution in [3.63, 3.8) is 0 Å². The van der Waals surface area contributed by atoms with Crippen LogP contribution in [0.25, 0.3) is 0 Å². The van der Waals surface area contributed by atoms with E-state index in [-0.39, 0.29) is 5.78 Å². The molecule has 2 aromatic rings. The van der Waals surface area contributed by atoms with Crippen molar-refractivity contribution >= 4 is 5.78 Å². The molecule has 2 N–H and O–H groups in total. The lowest BCUT2D eigenvalue weighted by Crippen LogP contribution is -3.14. The molecule has 3 nitrogen and oxygen atoms in total. The Balaban J connectivity index is 1.99. The second-order valence-corrected chi connectivity index (χ2v) is 6.38. The molecule has 0 bridgehead atoms. The molecule has 3 rings (SSSR count). The first-order valence-corrected chi connectivity index (χ1v) is 8.36. The largest absolute Gasteiger partial charge is 0.384 e. The quantitative estimate of drug-likeness (QED) is 0.844. The van der Waals surface area contributed by atoms with Gasteiger partial charge in [0, 0.05) is 12.0 Å². The molecule has 3 atom stereocenters. The van der Waals surface area contributed by atoms with Crippen molar-refractivity contribution in [1.29, 1.82) is 0 Å². The summed E-state index contributed by atoms with van der Waals surface area (Å²) in [6, 6.07) is 19.0. The third kappa shape index (κ3) is 3.07. The SMILES string of the molecule is CC[NH+]1CC[C@@](O)(c2ccccc2)[C@H](C(=O)c2ccccc2)C1. The third-order valence-corrected chi connectivity index (χ3v) is 5.08. The Hall–Kier alpha value is -1.97. The van der Waals surface area contributed by atoms with Crippen LogP contribution in [0, 0.1) is 5.92 Å². The lowest BCUT2D eigenvalue weighted by molar-refractivity contribution is -0.908. The average Bonchev–Trinajstić information content (AvgIpc) is 2.63. The number of quaternary nitrogens is 1. The highest BCUT2D eigenvalue weighted by atomic mass is 16.3. The Bertz CT molecular complexity index is 656. The van der Waals surface area contributed by atoms with E-state index in [0.717, 1.165) is 18.7 Å². The van der Waals surface area contributed by atoms with E-state index >= 15 is 0 Å². The number of nitrogens with one attached hydrogen (secondary N) is 1. The van der Waals surface area contributed by atoms with E-state index in [0.29, 0.717) is 18.5 Å². The minimum absolute atomic E-state index is 0.0441. The zero-order chi connectivity index (χ0) is 16.3. The van der Waals surface area contributed by atoms with Crippen LogP contribution in [0.4, 0.5) is 0 Å². The average molecular weight is 310 g/mol. The highest BCUT2D eigenvalue weighted by Crippen LogP contribution is 2.36. The lowest BCUT2D eigenvalue weighted by Gasteiger charge is -2.41. The Kier molecular flexibility index (Phi) is 4.60. The lowest BCUT2D eigenvalue weighted by atomic mass is 9.72. The van der Waals surface area contributed by atoms with E-state index in [2.05, 4.69) is 6.92 Å². The predicted molar refractivity (Wildman–Crippen MR) is 90.5 cm³/mol. The maximum atomic E-state index is 13.1. The molecule has 0 saturated carbocycles. The number of Topliss-reactive ketones (excluding diaryl/α,β-unsaturated/α-hetero) is 1. The number of ketones is 1. The summed E-state index contributed by atoms with van der Waals surface area (Å²) >= 11 is 0. The summed E-state index contributed by atoms with van der Waals surface area (Å²) in [7, 11) is 0. The van der Waals surface area contributed by atoms with Crippen LogP contribution in [-0.4, -0.2) is 30.5 Å². The first kappa shape index (κ1) is 15.9. The Labute approximate surface area is 137 Å². The molecule has 0 amide bonds. The van der Waals surface area contributed by atoms with Gasteiger partial charge in [0.15, 0.2) is 5.78 Å². The van der Waals surface area contributed by atoms with E-state index in [9.17, 15) is 9.90 Å². The molecule has 1 aliphatic rings. The number of likely N-dealkylation sites (tertiary alicyclic amines) is 1. The van der Waals surface area contributed by atoms with Crippen molar-refractivity contribution in [2.24, 2.45) is 5.92 Å². The van der Waals surface area contributed by atoms with Gasteiger partial charge in [-0.05, 0) is 12.5 Å². The van der Waals surface area contributed by atoms with Crippen LogP contribution in [-0.2, 0) is 5.60 Å². The Morgan fingerprint density at radius 1 is 1.13 bits per heavy atom. The molecule has 0 radical (unpaired) electrons. The molecule has 0 aliphatic carbocycles. The normalized spacial score (nSPS) is 27.6. The van der Waals surface area contributed by atoms with Crippen LogP contribution in [0.3, 0.4) is 0 Å². The maximum absolute atomic E-state index is 13.1. The van der Waals surface area contributed by atoms with Crippen molar-refractivity contribution < 1.29 is 14.8 Å². The van der Waals surface area contributed by atoms with Gasteiger partial charge < -0.3 is 10.0 Å². The summed E-state index contributed by atoms with van der Waals surface area (Å²) in [6.45, 7) is 4.67. The van der Waals surface area contributed by atoms with E-state index in [1.54, 1.807) is 0 Å². The minimum atomic E-state index is -1.08. The van der Waals surface area contributed by atoms with Gasteiger partial charge >= 0.3 is 0 Å². The summed E-state index contributed by atoms with van der Waals surface area (Å²) in [5, 5.41) is 11.4. The maximum Gasteiger partial charge on any atom is 0.174 e. The van der Waals surface area contributed by atoms with Gasteiger partial charge in [-0.2, -0.15) is 0 Å². The number of hydrogen-bond acceptors (Lipinski definition) is 2. The number of carbonyl (C=O) groups excluding carboxylic acids is 1. The van der Waals surface area contributed by atoms with Gasteiger partial charge in [-0.1, -0.05) is 60.7 Å². The molecule has 23 heavy (non-hydrogen) atoms. The summed E-state index contributed by atoms with van der Waals surface area (Å²) in [6.07, 6.45) is 0.615. The monoisotopic (exact) mass is 310 g/mol. The van der Waals surface area contributed by atoms with Crippen LogP contribution in [0.5, 0.6) is 0 Å². The molecule has 1 heterocycles. The first-order chi connectivity index (χ1) is 11.1. The first-order valence-electron chi connectivity index (χ1n) is 8.36. The van der Waals surface area contributed by atoms with Crippen molar-refractivity contribution in [2.45, 2.75) is 18.9 Å². The third-order valence-electron chi connectivity index (χ3n) is 5.08. The van der Waals surface area contributed by atoms with Gasteiger partial charge in [0.25, 0.3) is 0 Å². The fourth-order valence-electron chi connectivity index (χ4n) is 3.61. The van der Waals surface area contributed by atoms with E-state index < -0.39 is 11.5 Å². The van der Waals surface area contributed by atoms with Gasteiger partial charge in [-0.3, -0.25) is 4.79 Å². The molecule has 1 unspecified atom stereocenters. The Morgan fingerprint density at radius 3 is 2.35 bits per heavy atom. The van der Waals surface area contributed by atoms with Crippen molar-refractivity contribution in [3.8, 4) is 0 Å². The second-order valence-electron chi connectivity index (χ2n) is 6.38. The highest BCUT2D eigenvalue weighted by molar-refractivity contribution is 5.98. The van der Waals surface area contributed by atoms with Crippen LogP contribution in [0.15, 0.2) is 60.7 Å². The highest BCUT2D eigenvalue weighted by Gasteiger charge is 2.48. The molecule has 0 aromatic heterocycles. The molecule has 1 fully saturated rings. The number of rotatable bonds is 4. The van der Waals surface area contributed by atoms with E-state index in [1.807, 2.05) is 60.7 Å². The van der Waals surface area contributed by atoms with E-state index in [4.69, 9.17) is 0 Å². The summed E-state index contributed by atoms with van der Waals surface area (Å²) in [5.41, 5.74) is 0.459. The molecular formula is C20H24NO2+.